The van der Waals surface area contributed by atoms with E-state index in [1.54, 1.807) is 19.1 Å². The highest BCUT2D eigenvalue weighted by Crippen LogP contribution is 2.33. The third-order valence-electron chi connectivity index (χ3n) is 4.50. The molecule has 0 radical (unpaired) electrons. The monoisotopic (exact) mass is 329 g/mol. The predicted octanol–water partition coefficient (Wildman–Crippen LogP) is 2.18. The van der Waals surface area contributed by atoms with Gasteiger partial charge >= 0.3 is 0 Å². The normalized spacial score (nSPS) is 18.5. The minimum absolute atomic E-state index is 0.0389. The van der Waals surface area contributed by atoms with E-state index < -0.39 is 4.92 Å². The van der Waals surface area contributed by atoms with Crippen molar-refractivity contribution < 1.29 is 14.5 Å². The molecule has 2 heterocycles. The second-order valence-corrected chi connectivity index (χ2v) is 5.93. The fraction of sp³-hybridized carbons (Fsp3) is 0.412. The average molecular weight is 329 g/mol. The average Bonchev–Trinajstić information content (AvgIpc) is 2.85. The second-order valence-electron chi connectivity index (χ2n) is 5.93. The van der Waals surface area contributed by atoms with E-state index in [0.29, 0.717) is 23.4 Å². The number of nitrogens with zero attached hydrogens (tertiary/aromatic N) is 3. The zero-order chi connectivity index (χ0) is 17.3. The predicted molar refractivity (Wildman–Crippen MR) is 87.8 cm³/mol. The maximum absolute atomic E-state index is 12.7. The van der Waals surface area contributed by atoms with Crippen LogP contribution in [0.15, 0.2) is 30.0 Å². The Balaban J connectivity index is 2.07. The lowest BCUT2D eigenvalue weighted by molar-refractivity contribution is -0.384. The summed E-state index contributed by atoms with van der Waals surface area (Å²) in [6, 6.07) is 5.81. The molecule has 0 N–H and O–H groups in total. The zero-order valence-corrected chi connectivity index (χ0v) is 13.5. The minimum atomic E-state index is -0.482. The summed E-state index contributed by atoms with van der Waals surface area (Å²) in [5.74, 6) is -0.588. The number of imide groups is 1. The number of nitro groups is 1. The Hall–Kier alpha value is -2.70. The Kier molecular flexibility index (Phi) is 4.33. The van der Waals surface area contributed by atoms with Gasteiger partial charge in [-0.15, -0.1) is 0 Å². The van der Waals surface area contributed by atoms with Crippen molar-refractivity contribution in [3.05, 3.63) is 45.6 Å². The van der Waals surface area contributed by atoms with Crippen LogP contribution in [0.25, 0.3) is 5.57 Å². The summed E-state index contributed by atoms with van der Waals surface area (Å²) in [5, 5.41) is 10.8. The van der Waals surface area contributed by atoms with Crippen LogP contribution in [0.5, 0.6) is 0 Å². The molecule has 0 aromatic heterocycles. The molecule has 1 aromatic rings. The van der Waals surface area contributed by atoms with Crippen LogP contribution in [0.3, 0.4) is 0 Å². The fourth-order valence-corrected chi connectivity index (χ4v) is 3.27. The Morgan fingerprint density at radius 3 is 2.21 bits per heavy atom. The van der Waals surface area contributed by atoms with Crippen LogP contribution >= 0.6 is 0 Å². The number of likely N-dealkylation sites (tertiary alicyclic amines) is 1. The van der Waals surface area contributed by atoms with Crippen molar-refractivity contribution in [1.82, 2.24) is 9.80 Å². The number of hydrogen-bond acceptors (Lipinski definition) is 5. The lowest BCUT2D eigenvalue weighted by Gasteiger charge is -2.29. The highest BCUT2D eigenvalue weighted by atomic mass is 16.6. The van der Waals surface area contributed by atoms with Gasteiger partial charge in [0.2, 0.25) is 0 Å². The Morgan fingerprint density at radius 2 is 1.67 bits per heavy atom. The third kappa shape index (κ3) is 2.66. The van der Waals surface area contributed by atoms with E-state index in [-0.39, 0.29) is 17.5 Å². The van der Waals surface area contributed by atoms with Gasteiger partial charge in [-0.1, -0.05) is 0 Å². The standard InChI is InChI=1S/C17H19N3O4/c1-2-19-16(21)14(12-6-8-13(9-7-12)20(23)24)15(17(19)22)18-10-4-3-5-11-18/h6-9H,2-5,10-11H2,1H3. The summed E-state index contributed by atoms with van der Waals surface area (Å²) in [7, 11) is 0. The van der Waals surface area contributed by atoms with Crippen molar-refractivity contribution in [2.24, 2.45) is 0 Å². The Morgan fingerprint density at radius 1 is 1.04 bits per heavy atom. The molecular weight excluding hydrogens is 310 g/mol. The molecule has 24 heavy (non-hydrogen) atoms. The molecule has 0 saturated carbocycles. The van der Waals surface area contributed by atoms with Crippen LogP contribution in [0.1, 0.15) is 31.7 Å². The largest absolute Gasteiger partial charge is 0.366 e. The van der Waals surface area contributed by atoms with Gasteiger partial charge in [0.15, 0.2) is 0 Å². The van der Waals surface area contributed by atoms with Crippen LogP contribution in [-0.2, 0) is 9.59 Å². The van der Waals surface area contributed by atoms with Crippen molar-refractivity contribution in [3.8, 4) is 0 Å². The van der Waals surface area contributed by atoms with E-state index in [1.165, 1.54) is 17.0 Å². The van der Waals surface area contributed by atoms with Gasteiger partial charge in [0.1, 0.15) is 5.70 Å². The van der Waals surface area contributed by atoms with Gasteiger partial charge in [-0.3, -0.25) is 24.6 Å². The van der Waals surface area contributed by atoms with E-state index in [4.69, 9.17) is 0 Å². The van der Waals surface area contributed by atoms with E-state index >= 15 is 0 Å². The maximum Gasteiger partial charge on any atom is 0.277 e. The van der Waals surface area contributed by atoms with E-state index in [2.05, 4.69) is 0 Å². The fourth-order valence-electron chi connectivity index (χ4n) is 3.27. The molecule has 0 spiro atoms. The molecule has 0 bridgehead atoms. The molecule has 3 rings (SSSR count). The summed E-state index contributed by atoms with van der Waals surface area (Å²) in [6.07, 6.45) is 3.10. The smallest absolute Gasteiger partial charge is 0.277 e. The van der Waals surface area contributed by atoms with E-state index in [1.807, 2.05) is 4.90 Å². The van der Waals surface area contributed by atoms with Gasteiger partial charge in [-0.2, -0.15) is 0 Å². The van der Waals surface area contributed by atoms with Crippen molar-refractivity contribution in [2.75, 3.05) is 19.6 Å². The quantitative estimate of drug-likeness (QED) is 0.480. The molecule has 0 atom stereocenters. The van der Waals surface area contributed by atoms with Crippen molar-refractivity contribution in [3.63, 3.8) is 0 Å². The molecule has 2 amide bonds. The number of carbonyl (C=O) groups excluding carboxylic acids is 2. The van der Waals surface area contributed by atoms with Gasteiger partial charge in [0.25, 0.3) is 17.5 Å². The lowest BCUT2D eigenvalue weighted by Crippen LogP contribution is -2.37. The number of non-ortho nitro benzene ring substituents is 1. The second kappa shape index (κ2) is 6.43. The minimum Gasteiger partial charge on any atom is -0.366 e. The molecule has 126 valence electrons. The summed E-state index contributed by atoms with van der Waals surface area (Å²) >= 11 is 0. The topological polar surface area (TPSA) is 83.8 Å². The first-order chi connectivity index (χ1) is 11.5. The molecule has 0 aliphatic carbocycles. The molecular formula is C17H19N3O4. The SMILES string of the molecule is CCN1C(=O)C(c2ccc([N+](=O)[O-])cc2)=C(N2CCCCC2)C1=O. The van der Waals surface area contributed by atoms with Gasteiger partial charge < -0.3 is 4.90 Å². The van der Waals surface area contributed by atoms with E-state index in [0.717, 1.165) is 32.4 Å². The van der Waals surface area contributed by atoms with Crippen molar-refractivity contribution in [1.29, 1.82) is 0 Å². The van der Waals surface area contributed by atoms with Crippen LogP contribution < -0.4 is 0 Å². The highest BCUT2D eigenvalue weighted by molar-refractivity contribution is 6.35. The number of benzene rings is 1. The number of rotatable bonds is 4. The summed E-state index contributed by atoms with van der Waals surface area (Å²) in [5.41, 5.74) is 1.31. The molecule has 1 saturated heterocycles. The molecule has 2 aliphatic rings. The van der Waals surface area contributed by atoms with Crippen LogP contribution in [0.2, 0.25) is 0 Å². The van der Waals surface area contributed by atoms with Crippen LogP contribution in [0.4, 0.5) is 5.69 Å². The first kappa shape index (κ1) is 16.2. The Bertz CT molecular complexity index is 718. The number of hydrogen-bond donors (Lipinski definition) is 0. The van der Waals surface area contributed by atoms with E-state index in [9.17, 15) is 19.7 Å². The molecule has 1 aromatic carbocycles. The van der Waals surface area contributed by atoms with Gasteiger partial charge in [-0.25, -0.2) is 0 Å². The first-order valence-electron chi connectivity index (χ1n) is 8.14. The molecule has 0 unspecified atom stereocenters. The summed E-state index contributed by atoms with van der Waals surface area (Å²) in [6.45, 7) is 3.58. The van der Waals surface area contributed by atoms with Crippen LogP contribution in [0, 0.1) is 10.1 Å². The number of likely N-dealkylation sites (N-methyl/N-ethyl adjacent to an activating group) is 1. The molecule has 7 nitrogen and oxygen atoms in total. The molecule has 2 aliphatic heterocycles. The third-order valence-corrected chi connectivity index (χ3v) is 4.50. The molecule has 1 fully saturated rings. The van der Waals surface area contributed by atoms with Crippen molar-refractivity contribution >= 4 is 23.1 Å². The Labute approximate surface area is 139 Å². The van der Waals surface area contributed by atoms with Gasteiger partial charge in [-0.05, 0) is 43.9 Å². The molecule has 7 heteroatoms. The van der Waals surface area contributed by atoms with Crippen LogP contribution in [-0.4, -0.2) is 46.2 Å². The maximum atomic E-state index is 12.7. The summed E-state index contributed by atoms with van der Waals surface area (Å²) in [4.78, 5) is 39.0. The highest BCUT2D eigenvalue weighted by Gasteiger charge is 2.40. The number of carbonyl (C=O) groups is 2. The van der Waals surface area contributed by atoms with Crippen molar-refractivity contribution in [2.45, 2.75) is 26.2 Å². The van der Waals surface area contributed by atoms with Gasteiger partial charge in [0, 0.05) is 31.8 Å². The lowest BCUT2D eigenvalue weighted by atomic mass is 10.0. The number of amides is 2. The summed E-state index contributed by atoms with van der Waals surface area (Å²) < 4.78 is 0. The van der Waals surface area contributed by atoms with Gasteiger partial charge in [0.05, 0.1) is 10.5 Å². The number of piperidine rings is 1. The first-order valence-corrected chi connectivity index (χ1v) is 8.14. The zero-order valence-electron chi connectivity index (χ0n) is 13.5. The number of nitro benzene ring substituents is 1.